The SMILES string of the molecule is Cc1ccc(-c2noc(-c3ccc(OC(=O)c4ccccc4)cc3)n2)cc1. The van der Waals surface area contributed by atoms with Crippen molar-refractivity contribution in [3.63, 3.8) is 0 Å². The molecule has 4 aromatic rings. The molecule has 0 atom stereocenters. The highest BCUT2D eigenvalue weighted by molar-refractivity contribution is 5.91. The molecule has 132 valence electrons. The van der Waals surface area contributed by atoms with Gasteiger partial charge in [-0.2, -0.15) is 4.98 Å². The van der Waals surface area contributed by atoms with E-state index in [0.29, 0.717) is 23.0 Å². The quantitative estimate of drug-likeness (QED) is 0.383. The average Bonchev–Trinajstić information content (AvgIpc) is 3.20. The fourth-order valence-corrected chi connectivity index (χ4v) is 2.57. The molecule has 0 bridgehead atoms. The number of aryl methyl sites for hydroxylation is 1. The number of hydrogen-bond donors (Lipinski definition) is 0. The summed E-state index contributed by atoms with van der Waals surface area (Å²) in [4.78, 5) is 16.5. The van der Waals surface area contributed by atoms with Crippen LogP contribution >= 0.6 is 0 Å². The van der Waals surface area contributed by atoms with Crippen LogP contribution < -0.4 is 4.74 Å². The van der Waals surface area contributed by atoms with Crippen LogP contribution in [0, 0.1) is 6.92 Å². The van der Waals surface area contributed by atoms with E-state index in [-0.39, 0.29) is 0 Å². The van der Waals surface area contributed by atoms with Crippen molar-refractivity contribution < 1.29 is 14.1 Å². The molecule has 0 saturated heterocycles. The maximum atomic E-state index is 12.1. The van der Waals surface area contributed by atoms with Crippen LogP contribution in [0.5, 0.6) is 5.75 Å². The number of hydrogen-bond acceptors (Lipinski definition) is 5. The third-order valence-corrected chi connectivity index (χ3v) is 4.06. The third-order valence-electron chi connectivity index (χ3n) is 4.06. The molecule has 0 radical (unpaired) electrons. The molecular weight excluding hydrogens is 340 g/mol. The first-order valence-corrected chi connectivity index (χ1v) is 8.47. The van der Waals surface area contributed by atoms with E-state index in [2.05, 4.69) is 10.1 Å². The largest absolute Gasteiger partial charge is 0.423 e. The van der Waals surface area contributed by atoms with Crippen molar-refractivity contribution >= 4 is 5.97 Å². The van der Waals surface area contributed by atoms with Gasteiger partial charge in [-0.3, -0.25) is 0 Å². The summed E-state index contributed by atoms with van der Waals surface area (Å²) in [6, 6.07) is 23.7. The standard InChI is InChI=1S/C22H16N2O3/c1-15-7-9-16(10-8-15)20-23-21(27-24-20)17-11-13-19(14-12-17)26-22(25)18-5-3-2-4-6-18/h2-14H,1H3. The number of esters is 1. The lowest BCUT2D eigenvalue weighted by molar-refractivity contribution is 0.0735. The Balaban J connectivity index is 1.49. The molecule has 0 aliphatic rings. The van der Waals surface area contributed by atoms with Crippen molar-refractivity contribution in [2.45, 2.75) is 6.92 Å². The van der Waals surface area contributed by atoms with Gasteiger partial charge >= 0.3 is 5.97 Å². The predicted octanol–water partition coefficient (Wildman–Crippen LogP) is 4.93. The molecule has 1 heterocycles. The number of carbonyl (C=O) groups excluding carboxylic acids is 1. The first-order chi connectivity index (χ1) is 13.2. The Morgan fingerprint density at radius 1 is 0.852 bits per heavy atom. The molecule has 0 unspecified atom stereocenters. The van der Waals surface area contributed by atoms with Gasteiger partial charge in [-0.05, 0) is 43.3 Å². The zero-order valence-corrected chi connectivity index (χ0v) is 14.6. The smallest absolute Gasteiger partial charge is 0.343 e. The van der Waals surface area contributed by atoms with Crippen molar-refractivity contribution in [2.75, 3.05) is 0 Å². The minimum Gasteiger partial charge on any atom is -0.423 e. The van der Waals surface area contributed by atoms with Crippen molar-refractivity contribution in [3.8, 4) is 28.6 Å². The van der Waals surface area contributed by atoms with Gasteiger partial charge in [-0.15, -0.1) is 0 Å². The molecule has 0 amide bonds. The molecule has 0 saturated carbocycles. The molecule has 5 nitrogen and oxygen atoms in total. The summed E-state index contributed by atoms with van der Waals surface area (Å²) in [6.07, 6.45) is 0. The Hall–Kier alpha value is -3.73. The zero-order valence-electron chi connectivity index (χ0n) is 14.6. The van der Waals surface area contributed by atoms with Gasteiger partial charge < -0.3 is 9.26 Å². The van der Waals surface area contributed by atoms with Crippen LogP contribution in [0.3, 0.4) is 0 Å². The van der Waals surface area contributed by atoms with Crippen molar-refractivity contribution in [2.24, 2.45) is 0 Å². The monoisotopic (exact) mass is 356 g/mol. The predicted molar refractivity (Wildman–Crippen MR) is 101 cm³/mol. The highest BCUT2D eigenvalue weighted by atomic mass is 16.5. The lowest BCUT2D eigenvalue weighted by atomic mass is 10.1. The van der Waals surface area contributed by atoms with Crippen LogP contribution in [-0.2, 0) is 0 Å². The summed E-state index contributed by atoms with van der Waals surface area (Å²) in [5.41, 5.74) is 3.31. The maximum absolute atomic E-state index is 12.1. The third kappa shape index (κ3) is 3.77. The van der Waals surface area contributed by atoms with Crippen LogP contribution in [-0.4, -0.2) is 16.1 Å². The van der Waals surface area contributed by atoms with E-state index in [1.54, 1.807) is 48.5 Å². The average molecular weight is 356 g/mol. The van der Waals surface area contributed by atoms with Gasteiger partial charge in [0, 0.05) is 11.1 Å². The Morgan fingerprint density at radius 3 is 2.22 bits per heavy atom. The van der Waals surface area contributed by atoms with E-state index in [4.69, 9.17) is 9.26 Å². The first-order valence-electron chi connectivity index (χ1n) is 8.47. The minimum atomic E-state index is -0.400. The zero-order chi connectivity index (χ0) is 18.6. The van der Waals surface area contributed by atoms with E-state index in [0.717, 1.165) is 11.1 Å². The normalized spacial score (nSPS) is 10.6. The van der Waals surface area contributed by atoms with E-state index in [1.165, 1.54) is 5.56 Å². The Kier molecular flexibility index (Phi) is 4.49. The number of rotatable bonds is 4. The molecule has 3 aromatic carbocycles. The second-order valence-electron chi connectivity index (χ2n) is 6.07. The molecule has 1 aromatic heterocycles. The summed E-state index contributed by atoms with van der Waals surface area (Å²) in [5.74, 6) is 0.991. The molecule has 4 rings (SSSR count). The lowest BCUT2D eigenvalue weighted by Crippen LogP contribution is -2.07. The summed E-state index contributed by atoms with van der Waals surface area (Å²) < 4.78 is 10.7. The molecule has 0 fully saturated rings. The molecule has 27 heavy (non-hydrogen) atoms. The number of ether oxygens (including phenoxy) is 1. The van der Waals surface area contributed by atoms with E-state index in [1.807, 2.05) is 37.3 Å². The molecule has 0 spiro atoms. The van der Waals surface area contributed by atoms with Gasteiger partial charge in [0.05, 0.1) is 5.56 Å². The second-order valence-corrected chi connectivity index (χ2v) is 6.07. The van der Waals surface area contributed by atoms with Gasteiger partial charge in [0.2, 0.25) is 5.82 Å². The Bertz CT molecular complexity index is 1050. The molecule has 0 aliphatic heterocycles. The van der Waals surface area contributed by atoms with Crippen molar-refractivity contribution in [3.05, 3.63) is 90.0 Å². The highest BCUT2D eigenvalue weighted by Gasteiger charge is 2.12. The molecule has 0 N–H and O–H groups in total. The van der Waals surface area contributed by atoms with Gasteiger partial charge in [0.25, 0.3) is 5.89 Å². The number of carbonyl (C=O) groups is 1. The van der Waals surface area contributed by atoms with Crippen LogP contribution in [0.1, 0.15) is 15.9 Å². The topological polar surface area (TPSA) is 65.2 Å². The maximum Gasteiger partial charge on any atom is 0.343 e. The fraction of sp³-hybridized carbons (Fsp3) is 0.0455. The van der Waals surface area contributed by atoms with Crippen molar-refractivity contribution in [1.29, 1.82) is 0 Å². The minimum absolute atomic E-state index is 0.400. The molecule has 0 aliphatic carbocycles. The van der Waals surface area contributed by atoms with Gasteiger partial charge in [-0.25, -0.2) is 4.79 Å². The van der Waals surface area contributed by atoms with Crippen molar-refractivity contribution in [1.82, 2.24) is 10.1 Å². The highest BCUT2D eigenvalue weighted by Crippen LogP contribution is 2.24. The number of benzene rings is 3. The van der Waals surface area contributed by atoms with Crippen LogP contribution in [0.15, 0.2) is 83.4 Å². The van der Waals surface area contributed by atoms with E-state index >= 15 is 0 Å². The Labute approximate surface area is 156 Å². The van der Waals surface area contributed by atoms with E-state index < -0.39 is 5.97 Å². The first kappa shape index (κ1) is 16.7. The Morgan fingerprint density at radius 2 is 1.52 bits per heavy atom. The summed E-state index contributed by atoms with van der Waals surface area (Å²) in [5, 5.41) is 4.03. The van der Waals surface area contributed by atoms with Gasteiger partial charge in [0.15, 0.2) is 0 Å². The molecular formula is C22H16N2O3. The number of nitrogens with zero attached hydrogens (tertiary/aromatic N) is 2. The molecule has 5 heteroatoms. The second kappa shape index (κ2) is 7.25. The summed E-state index contributed by atoms with van der Waals surface area (Å²) >= 11 is 0. The van der Waals surface area contributed by atoms with E-state index in [9.17, 15) is 4.79 Å². The fourth-order valence-electron chi connectivity index (χ4n) is 2.57. The van der Waals surface area contributed by atoms with Gasteiger partial charge in [-0.1, -0.05) is 53.2 Å². The van der Waals surface area contributed by atoms with Crippen LogP contribution in [0.25, 0.3) is 22.8 Å². The summed E-state index contributed by atoms with van der Waals surface area (Å²) in [7, 11) is 0. The van der Waals surface area contributed by atoms with Crippen LogP contribution in [0.2, 0.25) is 0 Å². The van der Waals surface area contributed by atoms with Gasteiger partial charge in [0.1, 0.15) is 5.75 Å². The number of aromatic nitrogens is 2. The summed E-state index contributed by atoms with van der Waals surface area (Å²) in [6.45, 7) is 2.03. The van der Waals surface area contributed by atoms with Crippen LogP contribution in [0.4, 0.5) is 0 Å². The lowest BCUT2D eigenvalue weighted by Gasteiger charge is -2.04.